The number of nitrogens with one attached hydrogen (secondary N) is 2. The number of benzene rings is 2. The Labute approximate surface area is 210 Å². The Hall–Kier alpha value is -3.98. The molecule has 2 heterocycles. The van der Waals surface area contributed by atoms with Crippen molar-refractivity contribution in [2.75, 3.05) is 27.0 Å². The van der Waals surface area contributed by atoms with Gasteiger partial charge in [0.05, 0.1) is 19.4 Å². The van der Waals surface area contributed by atoms with E-state index in [4.69, 9.17) is 14.3 Å². The zero-order valence-corrected chi connectivity index (χ0v) is 20.8. The number of amides is 2. The van der Waals surface area contributed by atoms with Gasteiger partial charge in [-0.2, -0.15) is 0 Å². The number of hydrogen-bond acceptors (Lipinski definition) is 6. The van der Waals surface area contributed by atoms with Gasteiger partial charge in [0, 0.05) is 42.7 Å². The fourth-order valence-corrected chi connectivity index (χ4v) is 4.27. The van der Waals surface area contributed by atoms with E-state index in [9.17, 15) is 9.59 Å². The zero-order valence-electron chi connectivity index (χ0n) is 20.8. The van der Waals surface area contributed by atoms with Crippen molar-refractivity contribution in [2.45, 2.75) is 32.9 Å². The number of H-pyrrole nitrogens is 1. The van der Waals surface area contributed by atoms with E-state index in [1.807, 2.05) is 61.7 Å². The van der Waals surface area contributed by atoms with Crippen molar-refractivity contribution in [3.63, 3.8) is 0 Å². The van der Waals surface area contributed by atoms with Crippen LogP contribution < -0.4 is 10.1 Å². The van der Waals surface area contributed by atoms with Crippen LogP contribution in [0.5, 0.6) is 5.75 Å². The fourth-order valence-electron chi connectivity index (χ4n) is 4.27. The van der Waals surface area contributed by atoms with Gasteiger partial charge >= 0.3 is 0 Å². The van der Waals surface area contributed by atoms with Gasteiger partial charge in [-0.1, -0.05) is 36.4 Å². The van der Waals surface area contributed by atoms with Gasteiger partial charge in [0.2, 0.25) is 11.8 Å². The Morgan fingerprint density at radius 1 is 1.17 bits per heavy atom. The molecule has 0 spiro atoms. The summed E-state index contributed by atoms with van der Waals surface area (Å²) in [6.45, 7) is 4.12. The molecule has 1 unspecified atom stereocenters. The topological polar surface area (TPSA) is 96.1 Å². The van der Waals surface area contributed by atoms with E-state index in [0.29, 0.717) is 25.3 Å². The molecule has 1 aromatic heterocycles. The lowest BCUT2D eigenvalue weighted by atomic mass is 10.0. The van der Waals surface area contributed by atoms with Gasteiger partial charge in [0.1, 0.15) is 11.5 Å². The van der Waals surface area contributed by atoms with Crippen molar-refractivity contribution in [3.05, 3.63) is 77.8 Å². The van der Waals surface area contributed by atoms with E-state index in [2.05, 4.69) is 10.3 Å². The highest BCUT2D eigenvalue weighted by Gasteiger charge is 2.22. The number of aromatic nitrogens is 1. The van der Waals surface area contributed by atoms with Crippen LogP contribution in [0.2, 0.25) is 0 Å². The number of hydrogen-bond donors (Lipinski definition) is 2. The lowest BCUT2D eigenvalue weighted by molar-refractivity contribution is -0.162. The van der Waals surface area contributed by atoms with Gasteiger partial charge in [0.25, 0.3) is 0 Å². The van der Waals surface area contributed by atoms with Gasteiger partial charge < -0.3 is 24.7 Å². The summed E-state index contributed by atoms with van der Waals surface area (Å²) in [6, 6.07) is 15.3. The van der Waals surface area contributed by atoms with Crippen LogP contribution >= 0.6 is 0 Å². The number of ether oxygens (including phenoxy) is 2. The highest BCUT2D eigenvalue weighted by Crippen LogP contribution is 2.22. The molecule has 1 aliphatic rings. The average Bonchev–Trinajstić information content (AvgIpc) is 3.48. The van der Waals surface area contributed by atoms with Gasteiger partial charge in [-0.25, -0.2) is 5.06 Å². The lowest BCUT2D eigenvalue weighted by Gasteiger charge is -2.28. The maximum Gasteiger partial charge on any atom is 0.249 e. The van der Waals surface area contributed by atoms with Crippen molar-refractivity contribution in [1.29, 1.82) is 0 Å². The van der Waals surface area contributed by atoms with Gasteiger partial charge in [-0.15, -0.1) is 0 Å². The Morgan fingerprint density at radius 3 is 2.69 bits per heavy atom. The molecule has 0 bridgehead atoms. The Bertz CT molecular complexity index is 1240. The van der Waals surface area contributed by atoms with Crippen LogP contribution in [0.4, 0.5) is 0 Å². The molecule has 1 atom stereocenters. The second kappa shape index (κ2) is 11.6. The Balaban J connectivity index is 1.50. The summed E-state index contributed by atoms with van der Waals surface area (Å²) in [4.78, 5) is 36.0. The lowest BCUT2D eigenvalue weighted by Crippen LogP contribution is -2.47. The second-order valence-corrected chi connectivity index (χ2v) is 8.74. The standard InChI is InChI=1S/C27H32N4O5/c1-19-14-31(18-35-19)36-17-27(33)29-23(12-22-13-28-25-10-6-5-9-24(22)25)16-30(20(2)32)15-21-8-4-7-11-26(21)34-3/h4-11,13-14,23,28H,12,15-18H2,1-3H3,(H,29,33). The van der Waals surface area contributed by atoms with Crippen molar-refractivity contribution in [2.24, 2.45) is 0 Å². The second-order valence-electron chi connectivity index (χ2n) is 8.74. The number of allylic oxidation sites excluding steroid dienone is 1. The normalized spacial score (nSPS) is 13.8. The predicted molar refractivity (Wildman–Crippen MR) is 136 cm³/mol. The molecule has 2 amide bonds. The fraction of sp³-hybridized carbons (Fsp3) is 0.333. The first-order valence-electron chi connectivity index (χ1n) is 11.9. The summed E-state index contributed by atoms with van der Waals surface area (Å²) in [6.07, 6.45) is 4.19. The van der Waals surface area contributed by atoms with Crippen LogP contribution in [0.25, 0.3) is 10.9 Å². The number of carbonyl (C=O) groups is 2. The molecule has 3 aromatic rings. The van der Waals surface area contributed by atoms with E-state index in [-0.39, 0.29) is 31.2 Å². The Kier molecular flexibility index (Phi) is 8.12. The largest absolute Gasteiger partial charge is 0.496 e. The molecule has 1 aliphatic heterocycles. The highest BCUT2D eigenvalue weighted by molar-refractivity contribution is 5.83. The Morgan fingerprint density at radius 2 is 1.94 bits per heavy atom. The molecular weight excluding hydrogens is 460 g/mol. The smallest absolute Gasteiger partial charge is 0.249 e. The van der Waals surface area contributed by atoms with Crippen LogP contribution in [-0.4, -0.2) is 59.8 Å². The van der Waals surface area contributed by atoms with Crippen molar-refractivity contribution >= 4 is 22.7 Å². The van der Waals surface area contributed by atoms with E-state index in [1.54, 1.807) is 18.2 Å². The maximum absolute atomic E-state index is 12.8. The third-order valence-corrected chi connectivity index (χ3v) is 6.05. The predicted octanol–water partition coefficient (Wildman–Crippen LogP) is 3.34. The summed E-state index contributed by atoms with van der Waals surface area (Å²) >= 11 is 0. The number of aromatic amines is 1. The minimum atomic E-state index is -0.342. The number of fused-ring (bicyclic) bond motifs is 1. The third-order valence-electron chi connectivity index (χ3n) is 6.05. The molecule has 4 rings (SSSR count). The van der Waals surface area contributed by atoms with Gasteiger partial charge in [-0.05, 0) is 31.0 Å². The molecule has 0 aliphatic carbocycles. The minimum absolute atomic E-state index is 0.0924. The van der Waals surface area contributed by atoms with Crippen LogP contribution in [0.15, 0.2) is 66.7 Å². The maximum atomic E-state index is 12.8. The molecule has 0 radical (unpaired) electrons. The first-order chi connectivity index (χ1) is 17.4. The molecule has 2 aromatic carbocycles. The summed E-state index contributed by atoms with van der Waals surface area (Å²) < 4.78 is 10.8. The third kappa shape index (κ3) is 6.37. The van der Waals surface area contributed by atoms with Crippen molar-refractivity contribution < 1.29 is 23.9 Å². The molecule has 190 valence electrons. The van der Waals surface area contributed by atoms with Gasteiger partial charge in [0.15, 0.2) is 13.3 Å². The van der Waals surface area contributed by atoms with E-state index in [0.717, 1.165) is 27.8 Å². The minimum Gasteiger partial charge on any atom is -0.496 e. The molecule has 36 heavy (non-hydrogen) atoms. The molecule has 0 saturated carbocycles. The number of para-hydroxylation sites is 2. The van der Waals surface area contributed by atoms with Gasteiger partial charge in [-0.3, -0.25) is 14.4 Å². The monoisotopic (exact) mass is 492 g/mol. The highest BCUT2D eigenvalue weighted by atomic mass is 16.7. The summed E-state index contributed by atoms with van der Waals surface area (Å²) in [5, 5.41) is 5.63. The SMILES string of the molecule is COc1ccccc1CN(CC(Cc1c[nH]c2ccccc12)NC(=O)CON1C=C(C)OC1)C(C)=O. The summed E-state index contributed by atoms with van der Waals surface area (Å²) in [5.41, 5.74) is 2.98. The zero-order chi connectivity index (χ0) is 25.5. The van der Waals surface area contributed by atoms with Crippen LogP contribution in [0, 0.1) is 0 Å². The van der Waals surface area contributed by atoms with Crippen LogP contribution in [-0.2, 0) is 32.1 Å². The molecule has 0 saturated heterocycles. The summed E-state index contributed by atoms with van der Waals surface area (Å²) in [5.74, 6) is 1.07. The summed E-state index contributed by atoms with van der Waals surface area (Å²) in [7, 11) is 1.61. The number of rotatable bonds is 11. The molecule has 9 heteroatoms. The van der Waals surface area contributed by atoms with Crippen molar-refractivity contribution in [3.8, 4) is 5.75 Å². The molecule has 2 N–H and O–H groups in total. The average molecular weight is 493 g/mol. The first kappa shape index (κ1) is 25.1. The van der Waals surface area contributed by atoms with E-state index >= 15 is 0 Å². The van der Waals surface area contributed by atoms with Crippen LogP contribution in [0.3, 0.4) is 0 Å². The van der Waals surface area contributed by atoms with Crippen LogP contribution in [0.1, 0.15) is 25.0 Å². The quantitative estimate of drug-likeness (QED) is 0.426. The molecule has 0 fully saturated rings. The first-order valence-corrected chi connectivity index (χ1v) is 11.9. The molecule has 9 nitrogen and oxygen atoms in total. The number of nitrogens with zero attached hydrogens (tertiary/aromatic N) is 2. The number of carbonyl (C=O) groups excluding carboxylic acids is 2. The number of hydroxylamine groups is 2. The van der Waals surface area contributed by atoms with E-state index < -0.39 is 0 Å². The van der Waals surface area contributed by atoms with E-state index in [1.165, 1.54) is 12.0 Å². The number of methoxy groups -OCH3 is 1. The molecular formula is C27H32N4O5. The van der Waals surface area contributed by atoms with Crippen molar-refractivity contribution in [1.82, 2.24) is 20.3 Å².